The normalized spacial score (nSPS) is 12.1. The molecule has 3 aromatic carbocycles. The van der Waals surface area contributed by atoms with Gasteiger partial charge in [0.1, 0.15) is 0 Å². The Labute approximate surface area is 173 Å². The van der Waals surface area contributed by atoms with Crippen molar-refractivity contribution in [1.29, 1.82) is 0 Å². The van der Waals surface area contributed by atoms with E-state index in [1.54, 1.807) is 11.8 Å². The third-order valence-corrected chi connectivity index (χ3v) is 6.09. The molecule has 0 spiro atoms. The molecule has 0 amide bonds. The van der Waals surface area contributed by atoms with Crippen LogP contribution in [0.25, 0.3) is 5.69 Å². The van der Waals surface area contributed by atoms with Crippen LogP contribution in [0.2, 0.25) is 5.02 Å². The minimum Gasteiger partial charge on any atom is -0.187 e. The molecule has 1 atom stereocenters. The Hall–Kier alpha value is -2.63. The molecule has 1 heterocycles. The van der Waals surface area contributed by atoms with Crippen molar-refractivity contribution in [1.82, 2.24) is 20.2 Å². The largest absolute Gasteiger partial charge is 0.215 e. The fourth-order valence-electron chi connectivity index (χ4n) is 3.23. The van der Waals surface area contributed by atoms with Gasteiger partial charge in [0.15, 0.2) is 0 Å². The molecule has 0 aliphatic rings. The third-order valence-electron chi connectivity index (χ3n) is 4.59. The molecule has 0 bridgehead atoms. The summed E-state index contributed by atoms with van der Waals surface area (Å²) in [6.45, 7) is 4.15. The van der Waals surface area contributed by atoms with Crippen LogP contribution in [0.1, 0.15) is 27.5 Å². The van der Waals surface area contributed by atoms with E-state index in [-0.39, 0.29) is 5.25 Å². The minimum absolute atomic E-state index is 0.0486. The lowest BCUT2D eigenvalue weighted by atomic mass is 10.0. The smallest absolute Gasteiger partial charge is 0.187 e. The lowest BCUT2D eigenvalue weighted by molar-refractivity contribution is 0.746. The number of nitrogens with zero attached hydrogens (tertiary/aromatic N) is 4. The van der Waals surface area contributed by atoms with E-state index in [9.17, 15) is 0 Å². The summed E-state index contributed by atoms with van der Waals surface area (Å²) in [5.41, 5.74) is 5.63. The number of hydrogen-bond acceptors (Lipinski definition) is 4. The van der Waals surface area contributed by atoms with Crippen molar-refractivity contribution in [2.75, 3.05) is 0 Å². The highest BCUT2D eigenvalue weighted by Gasteiger charge is 2.21. The Morgan fingerprint density at radius 1 is 0.821 bits per heavy atom. The van der Waals surface area contributed by atoms with E-state index in [0.29, 0.717) is 0 Å². The Morgan fingerprint density at radius 3 is 2.14 bits per heavy atom. The Balaban J connectivity index is 1.77. The zero-order chi connectivity index (χ0) is 19.5. The second-order valence-corrected chi connectivity index (χ2v) is 8.08. The summed E-state index contributed by atoms with van der Waals surface area (Å²) in [5, 5.41) is 14.1. The van der Waals surface area contributed by atoms with Crippen LogP contribution in [0.5, 0.6) is 0 Å². The summed E-state index contributed by atoms with van der Waals surface area (Å²) in [6, 6.07) is 24.5. The van der Waals surface area contributed by atoms with Gasteiger partial charge < -0.3 is 0 Å². The van der Waals surface area contributed by atoms with Crippen LogP contribution in [0.15, 0.2) is 78.0 Å². The quantitative estimate of drug-likeness (QED) is 0.392. The number of thioether (sulfide) groups is 1. The standard InChI is InChI=1S/C22H19ClN4S/c1-15-7-6-8-16(2)20(15)27-22(24-25-26-27)28-21(17-9-4-3-5-10-17)18-11-13-19(23)14-12-18/h3-14,21H,1-2H3/t21-/m0/s1. The molecule has 6 heteroatoms. The molecule has 0 radical (unpaired) electrons. The average molecular weight is 407 g/mol. The summed E-state index contributed by atoms with van der Waals surface area (Å²) in [5.74, 6) is 0. The number of benzene rings is 3. The molecule has 0 N–H and O–H groups in total. The summed E-state index contributed by atoms with van der Waals surface area (Å²) in [7, 11) is 0. The second-order valence-electron chi connectivity index (χ2n) is 6.57. The fraction of sp³-hybridized carbons (Fsp3) is 0.136. The van der Waals surface area contributed by atoms with Crippen LogP contribution < -0.4 is 0 Å². The van der Waals surface area contributed by atoms with Crippen molar-refractivity contribution in [2.24, 2.45) is 0 Å². The molecule has 0 aliphatic carbocycles. The van der Waals surface area contributed by atoms with Gasteiger partial charge in [-0.1, -0.05) is 84.0 Å². The number of halogens is 1. The van der Waals surface area contributed by atoms with Crippen molar-refractivity contribution in [3.63, 3.8) is 0 Å². The summed E-state index contributed by atoms with van der Waals surface area (Å²) in [6.07, 6.45) is 0. The second kappa shape index (κ2) is 8.17. The fourth-order valence-corrected chi connectivity index (χ4v) is 4.47. The maximum Gasteiger partial charge on any atom is 0.215 e. The van der Waals surface area contributed by atoms with Gasteiger partial charge in [0.25, 0.3) is 0 Å². The van der Waals surface area contributed by atoms with Crippen LogP contribution in [-0.2, 0) is 0 Å². The first kappa shape index (κ1) is 18.7. The van der Waals surface area contributed by atoms with Crippen LogP contribution in [0.3, 0.4) is 0 Å². The predicted octanol–water partition coefficient (Wildman–Crippen LogP) is 5.81. The lowest BCUT2D eigenvalue weighted by Crippen LogP contribution is -2.06. The van der Waals surface area contributed by atoms with Crippen LogP contribution in [0, 0.1) is 13.8 Å². The monoisotopic (exact) mass is 406 g/mol. The Morgan fingerprint density at radius 2 is 1.46 bits per heavy atom. The molecule has 0 unspecified atom stereocenters. The molecule has 4 nitrogen and oxygen atoms in total. The van der Waals surface area contributed by atoms with E-state index >= 15 is 0 Å². The molecule has 1 aromatic heterocycles. The average Bonchev–Trinajstić information content (AvgIpc) is 3.15. The van der Waals surface area contributed by atoms with Gasteiger partial charge in [-0.2, -0.15) is 4.68 Å². The minimum atomic E-state index is 0.0486. The topological polar surface area (TPSA) is 43.6 Å². The number of hydrogen-bond donors (Lipinski definition) is 0. The van der Waals surface area contributed by atoms with E-state index < -0.39 is 0 Å². The summed E-state index contributed by atoms with van der Waals surface area (Å²) in [4.78, 5) is 0. The number of para-hydroxylation sites is 1. The van der Waals surface area contributed by atoms with Gasteiger partial charge in [-0.05, 0) is 58.7 Å². The third kappa shape index (κ3) is 3.81. The molecule has 4 rings (SSSR count). The number of aromatic nitrogens is 4. The van der Waals surface area contributed by atoms with Crippen LogP contribution in [-0.4, -0.2) is 20.2 Å². The van der Waals surface area contributed by atoms with Crippen LogP contribution >= 0.6 is 23.4 Å². The van der Waals surface area contributed by atoms with Gasteiger partial charge in [-0.25, -0.2) is 0 Å². The molecular formula is C22H19ClN4S. The van der Waals surface area contributed by atoms with Crippen molar-refractivity contribution in [3.8, 4) is 5.69 Å². The molecule has 140 valence electrons. The molecule has 0 saturated heterocycles. The number of rotatable bonds is 5. The molecule has 28 heavy (non-hydrogen) atoms. The summed E-state index contributed by atoms with van der Waals surface area (Å²) < 4.78 is 1.83. The van der Waals surface area contributed by atoms with Crippen LogP contribution in [0.4, 0.5) is 0 Å². The lowest BCUT2D eigenvalue weighted by Gasteiger charge is -2.18. The Kier molecular flexibility index (Phi) is 5.46. The SMILES string of the molecule is Cc1cccc(C)c1-n1nnnc1S[C@@H](c1ccccc1)c1ccc(Cl)cc1. The molecule has 4 aromatic rings. The van der Waals surface area contributed by atoms with E-state index in [0.717, 1.165) is 32.6 Å². The highest BCUT2D eigenvalue weighted by atomic mass is 35.5. The summed E-state index contributed by atoms with van der Waals surface area (Å²) >= 11 is 7.73. The maximum absolute atomic E-state index is 6.10. The van der Waals surface area contributed by atoms with Gasteiger partial charge in [0.05, 0.1) is 10.9 Å². The van der Waals surface area contributed by atoms with Crippen molar-refractivity contribution in [3.05, 3.63) is 100 Å². The van der Waals surface area contributed by atoms with Crippen molar-refractivity contribution >= 4 is 23.4 Å². The van der Waals surface area contributed by atoms with E-state index in [1.165, 1.54) is 5.56 Å². The number of aryl methyl sites for hydroxylation is 2. The molecule has 0 saturated carbocycles. The maximum atomic E-state index is 6.10. The first-order valence-electron chi connectivity index (χ1n) is 8.95. The first-order valence-corrected chi connectivity index (χ1v) is 10.2. The first-order chi connectivity index (χ1) is 13.6. The van der Waals surface area contributed by atoms with Gasteiger partial charge >= 0.3 is 0 Å². The van der Waals surface area contributed by atoms with Gasteiger partial charge in [0.2, 0.25) is 5.16 Å². The van der Waals surface area contributed by atoms with E-state index in [2.05, 4.69) is 65.8 Å². The van der Waals surface area contributed by atoms with E-state index in [1.807, 2.05) is 41.1 Å². The van der Waals surface area contributed by atoms with E-state index in [4.69, 9.17) is 11.6 Å². The highest BCUT2D eigenvalue weighted by molar-refractivity contribution is 7.99. The zero-order valence-corrected chi connectivity index (χ0v) is 17.2. The zero-order valence-electron chi connectivity index (χ0n) is 15.6. The molecule has 0 fully saturated rings. The van der Waals surface area contributed by atoms with Gasteiger partial charge in [-0.3, -0.25) is 0 Å². The highest BCUT2D eigenvalue weighted by Crippen LogP contribution is 2.40. The number of tetrazole rings is 1. The van der Waals surface area contributed by atoms with Gasteiger partial charge in [0, 0.05) is 5.02 Å². The van der Waals surface area contributed by atoms with Gasteiger partial charge in [-0.15, -0.1) is 5.10 Å². The Bertz CT molecular complexity index is 1060. The molecular weight excluding hydrogens is 388 g/mol. The molecule has 0 aliphatic heterocycles. The van der Waals surface area contributed by atoms with Crippen molar-refractivity contribution in [2.45, 2.75) is 24.3 Å². The predicted molar refractivity (Wildman–Crippen MR) is 114 cm³/mol. The van der Waals surface area contributed by atoms with Crippen molar-refractivity contribution < 1.29 is 0 Å².